The molecule has 5 nitrogen and oxygen atoms in total. The van der Waals surface area contributed by atoms with Crippen LogP contribution in [0, 0.1) is 0 Å². The molecule has 0 aliphatic carbocycles. The molecule has 1 aromatic carbocycles. The minimum Gasteiger partial charge on any atom is -0.368 e. The number of carbonyl (C=O) groups excluding carboxylic acids is 1. The van der Waals surface area contributed by atoms with Crippen molar-refractivity contribution in [3.05, 3.63) is 28.8 Å². The lowest BCUT2D eigenvalue weighted by Gasteiger charge is -2.22. The first-order chi connectivity index (χ1) is 10.0. The van der Waals surface area contributed by atoms with Crippen LogP contribution in [-0.4, -0.2) is 31.2 Å². The second kappa shape index (κ2) is 5.71. The van der Waals surface area contributed by atoms with Crippen LogP contribution in [0.3, 0.4) is 0 Å². The molecule has 0 aromatic heterocycles. The molecule has 1 aromatic rings. The number of rotatable bonds is 3. The normalized spacial score (nSPS) is 20.3. The zero-order chi connectivity index (χ0) is 16.7. The number of carbonyl (C=O) groups is 1. The predicted octanol–water partition coefficient (Wildman–Crippen LogP) is 2.00. The van der Waals surface area contributed by atoms with E-state index in [1.807, 2.05) is 0 Å². The van der Waals surface area contributed by atoms with Gasteiger partial charge in [0.2, 0.25) is 15.9 Å². The van der Waals surface area contributed by atoms with E-state index in [2.05, 4.69) is 0 Å². The van der Waals surface area contributed by atoms with Gasteiger partial charge in [0.25, 0.3) is 0 Å². The molecule has 0 bridgehead atoms. The number of hydrogen-bond acceptors (Lipinski definition) is 3. The van der Waals surface area contributed by atoms with Gasteiger partial charge in [0, 0.05) is 6.54 Å². The van der Waals surface area contributed by atoms with E-state index < -0.39 is 43.6 Å². The van der Waals surface area contributed by atoms with Gasteiger partial charge in [-0.2, -0.15) is 17.5 Å². The van der Waals surface area contributed by atoms with E-state index in [0.29, 0.717) is 12.5 Å². The van der Waals surface area contributed by atoms with Gasteiger partial charge in [-0.3, -0.25) is 4.79 Å². The Kier molecular flexibility index (Phi) is 4.42. The third-order valence-corrected chi connectivity index (χ3v) is 5.62. The van der Waals surface area contributed by atoms with E-state index in [1.165, 1.54) is 0 Å². The van der Waals surface area contributed by atoms with Crippen molar-refractivity contribution in [2.75, 3.05) is 6.54 Å². The molecule has 1 fully saturated rings. The van der Waals surface area contributed by atoms with E-state index in [-0.39, 0.29) is 13.0 Å². The first-order valence-corrected chi connectivity index (χ1v) is 8.05. The van der Waals surface area contributed by atoms with Crippen LogP contribution in [0.1, 0.15) is 18.4 Å². The summed E-state index contributed by atoms with van der Waals surface area (Å²) in [5, 5.41) is -0.598. The van der Waals surface area contributed by atoms with Crippen LogP contribution >= 0.6 is 11.6 Å². The zero-order valence-corrected chi connectivity index (χ0v) is 12.7. The summed E-state index contributed by atoms with van der Waals surface area (Å²) in [6, 6.07) is 1.26. The van der Waals surface area contributed by atoms with Gasteiger partial charge in [0.05, 0.1) is 15.5 Å². The Morgan fingerprint density at radius 3 is 2.55 bits per heavy atom. The average molecular weight is 357 g/mol. The Morgan fingerprint density at radius 2 is 2.00 bits per heavy atom. The number of benzene rings is 1. The molecule has 0 spiro atoms. The molecule has 2 rings (SSSR count). The molecule has 22 heavy (non-hydrogen) atoms. The highest BCUT2D eigenvalue weighted by Crippen LogP contribution is 2.37. The minimum absolute atomic E-state index is 0.0277. The van der Waals surface area contributed by atoms with Crippen molar-refractivity contribution in [1.29, 1.82) is 0 Å². The highest BCUT2D eigenvalue weighted by atomic mass is 35.5. The zero-order valence-electron chi connectivity index (χ0n) is 11.1. The van der Waals surface area contributed by atoms with Gasteiger partial charge in [0.15, 0.2) is 0 Å². The van der Waals surface area contributed by atoms with E-state index in [9.17, 15) is 26.4 Å². The van der Waals surface area contributed by atoms with Gasteiger partial charge in [0.1, 0.15) is 6.04 Å². The summed E-state index contributed by atoms with van der Waals surface area (Å²) in [4.78, 5) is 10.7. The summed E-state index contributed by atoms with van der Waals surface area (Å²) in [5.74, 6) is -0.828. The fourth-order valence-corrected chi connectivity index (χ4v) is 4.25. The van der Waals surface area contributed by atoms with Gasteiger partial charge >= 0.3 is 6.18 Å². The van der Waals surface area contributed by atoms with Gasteiger partial charge in [-0.05, 0) is 31.0 Å². The molecular weight excluding hydrogens is 345 g/mol. The van der Waals surface area contributed by atoms with Crippen molar-refractivity contribution >= 4 is 27.5 Å². The SMILES string of the molecule is NC(=O)[C@H]1CCCN1S(=O)(=O)c1ccc(Cl)c(C(F)(F)F)c1. The van der Waals surface area contributed by atoms with E-state index in [0.717, 1.165) is 16.4 Å². The van der Waals surface area contributed by atoms with Crippen LogP contribution in [0.4, 0.5) is 13.2 Å². The molecule has 2 N–H and O–H groups in total. The molecule has 0 radical (unpaired) electrons. The topological polar surface area (TPSA) is 80.5 Å². The van der Waals surface area contributed by atoms with Gasteiger partial charge in [-0.1, -0.05) is 11.6 Å². The monoisotopic (exact) mass is 356 g/mol. The lowest BCUT2D eigenvalue weighted by Crippen LogP contribution is -2.43. The molecule has 10 heteroatoms. The number of primary amides is 1. The fraction of sp³-hybridized carbons (Fsp3) is 0.417. The van der Waals surface area contributed by atoms with Crippen molar-refractivity contribution in [1.82, 2.24) is 4.31 Å². The Hall–Kier alpha value is -1.32. The van der Waals surface area contributed by atoms with Gasteiger partial charge < -0.3 is 5.73 Å². The summed E-state index contributed by atoms with van der Waals surface area (Å²) >= 11 is 5.47. The van der Waals surface area contributed by atoms with Gasteiger partial charge in [-0.15, -0.1) is 0 Å². The highest BCUT2D eigenvalue weighted by molar-refractivity contribution is 7.89. The molecule has 0 saturated carbocycles. The largest absolute Gasteiger partial charge is 0.417 e. The molecule has 1 amide bonds. The number of alkyl halides is 3. The Balaban J connectivity index is 2.49. The van der Waals surface area contributed by atoms with E-state index >= 15 is 0 Å². The number of amides is 1. The van der Waals surface area contributed by atoms with Crippen molar-refractivity contribution in [3.8, 4) is 0 Å². The summed E-state index contributed by atoms with van der Waals surface area (Å²) in [5.41, 5.74) is 3.89. The molecule has 1 aliphatic heterocycles. The third-order valence-electron chi connectivity index (χ3n) is 3.38. The number of sulfonamides is 1. The second-order valence-corrected chi connectivity index (χ2v) is 7.11. The predicted molar refractivity (Wildman–Crippen MR) is 72.6 cm³/mol. The minimum atomic E-state index is -4.78. The van der Waals surface area contributed by atoms with Crippen molar-refractivity contribution in [2.45, 2.75) is 30.0 Å². The van der Waals surface area contributed by atoms with Gasteiger partial charge in [-0.25, -0.2) is 8.42 Å². The number of nitrogens with zero attached hydrogens (tertiary/aromatic N) is 1. The fourth-order valence-electron chi connectivity index (χ4n) is 2.33. The first-order valence-electron chi connectivity index (χ1n) is 6.23. The van der Waals surface area contributed by atoms with Crippen LogP contribution in [0.5, 0.6) is 0 Å². The maximum absolute atomic E-state index is 12.8. The van der Waals surface area contributed by atoms with Crippen LogP contribution in [-0.2, 0) is 21.0 Å². The quantitative estimate of drug-likeness (QED) is 0.899. The molecule has 1 aliphatic rings. The molecular formula is C12H12ClF3N2O3S. The Bertz CT molecular complexity index is 706. The first kappa shape index (κ1) is 17.0. The van der Waals surface area contributed by atoms with Crippen molar-refractivity contribution < 1.29 is 26.4 Å². The molecule has 1 saturated heterocycles. The summed E-state index contributed by atoms with van der Waals surface area (Å²) in [6.45, 7) is 0.0277. The number of halogens is 4. The van der Waals surface area contributed by atoms with Crippen molar-refractivity contribution in [2.24, 2.45) is 5.73 Å². The Morgan fingerprint density at radius 1 is 1.36 bits per heavy atom. The third kappa shape index (κ3) is 3.06. The maximum Gasteiger partial charge on any atom is 0.417 e. The number of nitrogens with two attached hydrogens (primary N) is 1. The molecule has 0 unspecified atom stereocenters. The highest BCUT2D eigenvalue weighted by Gasteiger charge is 2.40. The van der Waals surface area contributed by atoms with Crippen LogP contribution in [0.25, 0.3) is 0 Å². The molecule has 122 valence electrons. The standard InChI is InChI=1S/C12H12ClF3N2O3S/c13-9-4-3-7(6-8(9)12(14,15)16)22(20,21)18-5-1-2-10(18)11(17)19/h3-4,6,10H,1-2,5H2,(H2,17,19)/t10-/m1/s1. The maximum atomic E-state index is 12.8. The van der Waals surface area contributed by atoms with E-state index in [4.69, 9.17) is 17.3 Å². The van der Waals surface area contributed by atoms with Crippen LogP contribution in [0.2, 0.25) is 5.02 Å². The molecule has 1 heterocycles. The lowest BCUT2D eigenvalue weighted by molar-refractivity contribution is -0.137. The summed E-state index contributed by atoms with van der Waals surface area (Å²) < 4.78 is 64.2. The lowest BCUT2D eigenvalue weighted by atomic mass is 10.2. The van der Waals surface area contributed by atoms with Crippen molar-refractivity contribution in [3.63, 3.8) is 0 Å². The Labute approximate surface area is 129 Å². The summed E-state index contributed by atoms with van der Waals surface area (Å²) in [6.07, 6.45) is -4.13. The van der Waals surface area contributed by atoms with Crippen LogP contribution in [0.15, 0.2) is 23.1 Å². The smallest absolute Gasteiger partial charge is 0.368 e. The molecule has 1 atom stereocenters. The van der Waals surface area contributed by atoms with Crippen LogP contribution < -0.4 is 5.73 Å². The second-order valence-electron chi connectivity index (χ2n) is 4.82. The number of hydrogen-bond donors (Lipinski definition) is 1. The summed E-state index contributed by atoms with van der Waals surface area (Å²) in [7, 11) is -4.26. The average Bonchev–Trinajstić information content (AvgIpc) is 2.87. The van der Waals surface area contributed by atoms with E-state index in [1.54, 1.807) is 0 Å².